The summed E-state index contributed by atoms with van der Waals surface area (Å²) in [7, 11) is 0. The molecule has 0 fully saturated rings. The first-order valence-corrected chi connectivity index (χ1v) is 7.65. The molecule has 0 spiro atoms. The molecular formula is C18H19N3O4. The average molecular weight is 341 g/mol. The molecule has 7 nitrogen and oxygen atoms in total. The van der Waals surface area contributed by atoms with Crippen molar-refractivity contribution in [1.82, 2.24) is 10.6 Å². The normalized spacial score (nSPS) is 11.4. The summed E-state index contributed by atoms with van der Waals surface area (Å²) in [6.07, 6.45) is 0.198. The molecule has 2 aromatic carbocycles. The van der Waals surface area contributed by atoms with Crippen molar-refractivity contribution in [2.75, 3.05) is 6.54 Å². The predicted octanol–water partition coefficient (Wildman–Crippen LogP) is 0.335. The van der Waals surface area contributed by atoms with E-state index in [1.807, 2.05) is 0 Å². The van der Waals surface area contributed by atoms with Gasteiger partial charge < -0.3 is 21.5 Å². The monoisotopic (exact) mass is 341 g/mol. The van der Waals surface area contributed by atoms with E-state index >= 15 is 0 Å². The molecule has 5 N–H and O–H groups in total. The smallest absolute Gasteiger partial charge is 0.251 e. The molecule has 3 amide bonds. The fourth-order valence-electron chi connectivity index (χ4n) is 2.21. The molecule has 0 radical (unpaired) electrons. The minimum Gasteiger partial charge on any atom is -0.508 e. The van der Waals surface area contributed by atoms with E-state index in [0.717, 1.165) is 5.56 Å². The topological polar surface area (TPSA) is 122 Å². The van der Waals surface area contributed by atoms with Crippen LogP contribution in [-0.2, 0) is 16.0 Å². The van der Waals surface area contributed by atoms with E-state index in [-0.39, 0.29) is 18.7 Å². The Morgan fingerprint density at radius 3 is 2.24 bits per heavy atom. The Bertz CT molecular complexity index is 745. The highest BCUT2D eigenvalue weighted by Crippen LogP contribution is 2.12. The summed E-state index contributed by atoms with van der Waals surface area (Å²) >= 11 is 0. The van der Waals surface area contributed by atoms with E-state index in [2.05, 4.69) is 10.6 Å². The lowest BCUT2D eigenvalue weighted by Gasteiger charge is -2.18. The van der Waals surface area contributed by atoms with Gasteiger partial charge in [-0.1, -0.05) is 30.3 Å². The summed E-state index contributed by atoms with van der Waals surface area (Å²) in [6, 6.07) is 13.9. The van der Waals surface area contributed by atoms with Gasteiger partial charge >= 0.3 is 0 Å². The maximum Gasteiger partial charge on any atom is 0.251 e. The molecule has 0 aliphatic heterocycles. The van der Waals surface area contributed by atoms with E-state index in [4.69, 9.17) is 5.73 Å². The molecule has 0 saturated carbocycles. The summed E-state index contributed by atoms with van der Waals surface area (Å²) in [4.78, 5) is 35.5. The number of nitrogens with one attached hydrogen (secondary N) is 2. The summed E-state index contributed by atoms with van der Waals surface area (Å²) in [6.45, 7) is -0.313. The summed E-state index contributed by atoms with van der Waals surface area (Å²) in [5, 5.41) is 14.4. The van der Waals surface area contributed by atoms with Crippen molar-refractivity contribution in [3.05, 3.63) is 65.7 Å². The first-order valence-electron chi connectivity index (χ1n) is 7.65. The molecule has 0 aliphatic rings. The van der Waals surface area contributed by atoms with Gasteiger partial charge in [-0.15, -0.1) is 0 Å². The van der Waals surface area contributed by atoms with Crippen molar-refractivity contribution in [3.8, 4) is 5.75 Å². The van der Waals surface area contributed by atoms with Gasteiger partial charge in [0.15, 0.2) is 0 Å². The van der Waals surface area contributed by atoms with Gasteiger partial charge in [0.05, 0.1) is 6.54 Å². The van der Waals surface area contributed by atoms with Crippen LogP contribution in [0, 0.1) is 0 Å². The van der Waals surface area contributed by atoms with Crippen LogP contribution < -0.4 is 16.4 Å². The van der Waals surface area contributed by atoms with E-state index in [1.54, 1.807) is 42.5 Å². The highest BCUT2D eigenvalue weighted by atomic mass is 16.3. The van der Waals surface area contributed by atoms with Gasteiger partial charge in [0.1, 0.15) is 11.8 Å². The molecule has 7 heteroatoms. The second-order valence-electron chi connectivity index (χ2n) is 5.45. The van der Waals surface area contributed by atoms with Crippen LogP contribution in [-0.4, -0.2) is 35.4 Å². The van der Waals surface area contributed by atoms with Crippen LogP contribution in [0.1, 0.15) is 15.9 Å². The molecule has 0 heterocycles. The first-order chi connectivity index (χ1) is 12.0. The third-order valence-corrected chi connectivity index (χ3v) is 3.47. The van der Waals surface area contributed by atoms with Crippen LogP contribution in [0.2, 0.25) is 0 Å². The minimum atomic E-state index is -0.892. The quantitative estimate of drug-likeness (QED) is 0.580. The molecule has 0 bridgehead atoms. The van der Waals surface area contributed by atoms with Gasteiger partial charge in [-0.2, -0.15) is 0 Å². The first kappa shape index (κ1) is 18.0. The number of carbonyl (C=O) groups is 3. The van der Waals surface area contributed by atoms with Gasteiger partial charge in [0, 0.05) is 12.0 Å². The van der Waals surface area contributed by atoms with Gasteiger partial charge in [-0.05, 0) is 29.8 Å². The molecule has 0 saturated heterocycles. The van der Waals surface area contributed by atoms with Gasteiger partial charge in [0.25, 0.3) is 5.91 Å². The lowest BCUT2D eigenvalue weighted by atomic mass is 10.0. The largest absolute Gasteiger partial charge is 0.508 e. The standard InChI is InChI=1S/C18H19N3O4/c19-16(23)11-20-18(25)15(10-12-6-8-14(22)9-7-12)21-17(24)13-4-2-1-3-5-13/h1-9,15,22H,10-11H2,(H2,19,23)(H,20,25)(H,21,24)/t15-/m0/s1. The summed E-state index contributed by atoms with van der Waals surface area (Å²) < 4.78 is 0. The number of phenols is 1. The van der Waals surface area contributed by atoms with Crippen LogP contribution in [0.3, 0.4) is 0 Å². The lowest BCUT2D eigenvalue weighted by molar-refractivity contribution is -0.126. The van der Waals surface area contributed by atoms with Crippen LogP contribution >= 0.6 is 0 Å². The zero-order chi connectivity index (χ0) is 18.2. The third-order valence-electron chi connectivity index (χ3n) is 3.47. The molecule has 0 unspecified atom stereocenters. The number of benzene rings is 2. The summed E-state index contributed by atoms with van der Waals surface area (Å²) in [5.41, 5.74) is 6.19. The number of phenolic OH excluding ortho intramolecular Hbond substituents is 1. The van der Waals surface area contributed by atoms with Crippen molar-refractivity contribution in [3.63, 3.8) is 0 Å². The van der Waals surface area contributed by atoms with Crippen molar-refractivity contribution < 1.29 is 19.5 Å². The molecule has 25 heavy (non-hydrogen) atoms. The Hall–Kier alpha value is -3.35. The third kappa shape index (κ3) is 5.65. The summed E-state index contributed by atoms with van der Waals surface area (Å²) in [5.74, 6) is -1.49. The van der Waals surface area contributed by atoms with E-state index < -0.39 is 23.8 Å². The van der Waals surface area contributed by atoms with Crippen molar-refractivity contribution >= 4 is 17.7 Å². The Balaban J connectivity index is 2.12. The lowest BCUT2D eigenvalue weighted by Crippen LogP contribution is -2.49. The maximum atomic E-state index is 12.3. The fourth-order valence-corrected chi connectivity index (χ4v) is 2.21. The highest BCUT2D eigenvalue weighted by Gasteiger charge is 2.22. The van der Waals surface area contributed by atoms with E-state index in [0.29, 0.717) is 5.56 Å². The number of nitrogens with two attached hydrogens (primary N) is 1. The number of primary amides is 1. The number of carbonyl (C=O) groups excluding carboxylic acids is 3. The van der Waals surface area contributed by atoms with Crippen LogP contribution in [0.5, 0.6) is 5.75 Å². The van der Waals surface area contributed by atoms with Crippen LogP contribution in [0.25, 0.3) is 0 Å². The molecular weight excluding hydrogens is 322 g/mol. The Morgan fingerprint density at radius 1 is 1.00 bits per heavy atom. The van der Waals surface area contributed by atoms with Gasteiger partial charge in [-0.25, -0.2) is 0 Å². The Kier molecular flexibility index (Phi) is 6.11. The van der Waals surface area contributed by atoms with Crippen LogP contribution in [0.4, 0.5) is 0 Å². The number of amides is 3. The molecule has 0 aliphatic carbocycles. The van der Waals surface area contributed by atoms with Gasteiger partial charge in [0.2, 0.25) is 11.8 Å². The zero-order valence-corrected chi connectivity index (χ0v) is 13.4. The van der Waals surface area contributed by atoms with Crippen molar-refractivity contribution in [2.24, 2.45) is 5.73 Å². The fraction of sp³-hybridized carbons (Fsp3) is 0.167. The van der Waals surface area contributed by atoms with Gasteiger partial charge in [-0.3, -0.25) is 14.4 Å². The molecule has 2 rings (SSSR count). The zero-order valence-electron chi connectivity index (χ0n) is 13.4. The van der Waals surface area contributed by atoms with E-state index in [1.165, 1.54) is 12.1 Å². The molecule has 130 valence electrons. The number of rotatable bonds is 7. The predicted molar refractivity (Wildman–Crippen MR) is 91.7 cm³/mol. The highest BCUT2D eigenvalue weighted by molar-refractivity contribution is 5.98. The average Bonchev–Trinajstić information content (AvgIpc) is 2.61. The van der Waals surface area contributed by atoms with E-state index in [9.17, 15) is 19.5 Å². The van der Waals surface area contributed by atoms with Crippen molar-refractivity contribution in [1.29, 1.82) is 0 Å². The molecule has 2 aromatic rings. The minimum absolute atomic E-state index is 0.104. The molecule has 1 atom stereocenters. The Morgan fingerprint density at radius 2 is 1.64 bits per heavy atom. The molecule has 0 aromatic heterocycles. The SMILES string of the molecule is NC(=O)CNC(=O)[C@H](Cc1ccc(O)cc1)NC(=O)c1ccccc1. The Labute approximate surface area is 144 Å². The number of aromatic hydroxyl groups is 1. The maximum absolute atomic E-state index is 12.3. The second-order valence-corrected chi connectivity index (χ2v) is 5.45. The second kappa shape index (κ2) is 8.49. The van der Waals surface area contributed by atoms with Crippen LogP contribution in [0.15, 0.2) is 54.6 Å². The number of hydrogen-bond donors (Lipinski definition) is 4. The number of hydrogen-bond acceptors (Lipinski definition) is 4. The van der Waals surface area contributed by atoms with Crippen molar-refractivity contribution in [2.45, 2.75) is 12.5 Å².